The van der Waals surface area contributed by atoms with Crippen molar-refractivity contribution < 1.29 is 9.59 Å². The zero-order valence-electron chi connectivity index (χ0n) is 15.6. The third kappa shape index (κ3) is 3.57. The van der Waals surface area contributed by atoms with Crippen molar-refractivity contribution in [2.24, 2.45) is 29.6 Å². The number of rotatable bonds is 4. The van der Waals surface area contributed by atoms with Crippen molar-refractivity contribution in [2.45, 2.75) is 52.0 Å². The Balaban J connectivity index is 1.35. The predicted molar refractivity (Wildman–Crippen MR) is 103 cm³/mol. The highest BCUT2D eigenvalue weighted by Crippen LogP contribution is 2.56. The largest absolute Gasteiger partial charge is 0.336 e. The van der Waals surface area contributed by atoms with Crippen LogP contribution in [0.3, 0.4) is 0 Å². The molecule has 4 aliphatic rings. The molecule has 26 heavy (non-hydrogen) atoms. The lowest BCUT2D eigenvalue weighted by Gasteiger charge is -2.53. The number of amides is 3. The van der Waals surface area contributed by atoms with E-state index in [2.05, 4.69) is 16.0 Å². The van der Waals surface area contributed by atoms with Crippen LogP contribution in [0.1, 0.15) is 46.0 Å². The van der Waals surface area contributed by atoms with Gasteiger partial charge in [0, 0.05) is 23.3 Å². The summed E-state index contributed by atoms with van der Waals surface area (Å²) < 4.78 is 0. The topological polar surface area (TPSA) is 70.2 Å². The van der Waals surface area contributed by atoms with Crippen LogP contribution in [-0.4, -0.2) is 18.0 Å². The van der Waals surface area contributed by atoms with Crippen LogP contribution in [0.25, 0.3) is 0 Å². The molecule has 4 aliphatic carbocycles. The van der Waals surface area contributed by atoms with Crippen LogP contribution in [0.2, 0.25) is 0 Å². The maximum Gasteiger partial charge on any atom is 0.319 e. The summed E-state index contributed by atoms with van der Waals surface area (Å²) in [5.74, 6) is 3.32. The van der Waals surface area contributed by atoms with E-state index in [0.717, 1.165) is 23.2 Å². The Morgan fingerprint density at radius 1 is 0.846 bits per heavy atom. The van der Waals surface area contributed by atoms with Crippen LogP contribution >= 0.6 is 0 Å². The van der Waals surface area contributed by atoms with Gasteiger partial charge in [-0.05, 0) is 93.9 Å². The van der Waals surface area contributed by atoms with Crippen molar-refractivity contribution in [1.29, 1.82) is 0 Å². The lowest BCUT2D eigenvalue weighted by molar-refractivity contribution is -0.132. The van der Waals surface area contributed by atoms with Crippen LogP contribution in [0, 0.1) is 29.6 Å². The zero-order valence-corrected chi connectivity index (χ0v) is 15.6. The van der Waals surface area contributed by atoms with Crippen LogP contribution in [0.4, 0.5) is 16.2 Å². The molecule has 1 aromatic carbocycles. The number of nitrogens with one attached hydrogen (secondary N) is 3. The molecular weight excluding hydrogens is 326 g/mol. The molecule has 4 saturated carbocycles. The van der Waals surface area contributed by atoms with E-state index in [4.69, 9.17) is 0 Å². The molecular formula is C21H29N3O2. The van der Waals surface area contributed by atoms with Crippen molar-refractivity contribution in [1.82, 2.24) is 5.32 Å². The molecule has 1 aromatic rings. The van der Waals surface area contributed by atoms with E-state index >= 15 is 0 Å². The summed E-state index contributed by atoms with van der Waals surface area (Å²) in [6.07, 6.45) is 6.40. The van der Waals surface area contributed by atoms with Gasteiger partial charge < -0.3 is 16.0 Å². The summed E-state index contributed by atoms with van der Waals surface area (Å²) in [4.78, 5) is 24.6. The van der Waals surface area contributed by atoms with Crippen LogP contribution < -0.4 is 16.0 Å². The number of hydrogen-bond donors (Lipinski definition) is 3. The van der Waals surface area contributed by atoms with E-state index in [1.54, 1.807) is 0 Å². The standard InChI is InChI=1S/C21H29N3O2/c1-12(2)22-21(26)24-18-5-3-17(4-6-18)23-20(25)19-15-8-13-7-14(10-15)11-16(19)9-13/h3-6,12-16,19H,7-11H2,1-2H3,(H,23,25)(H2,22,24,26). The Morgan fingerprint density at radius 3 is 1.85 bits per heavy atom. The fraction of sp³-hybridized carbons (Fsp3) is 0.619. The van der Waals surface area contributed by atoms with E-state index < -0.39 is 0 Å². The normalized spacial score (nSPS) is 31.7. The summed E-state index contributed by atoms with van der Waals surface area (Å²) in [6.45, 7) is 3.84. The zero-order chi connectivity index (χ0) is 18.3. The fourth-order valence-corrected chi connectivity index (χ4v) is 5.65. The molecule has 0 unspecified atom stereocenters. The predicted octanol–water partition coefficient (Wildman–Crippen LogP) is 4.23. The average Bonchev–Trinajstić information content (AvgIpc) is 2.55. The molecule has 4 bridgehead atoms. The molecule has 0 saturated heterocycles. The van der Waals surface area contributed by atoms with Gasteiger partial charge in [0.05, 0.1) is 0 Å². The summed E-state index contributed by atoms with van der Waals surface area (Å²) >= 11 is 0. The van der Waals surface area contributed by atoms with Crippen molar-refractivity contribution >= 4 is 23.3 Å². The molecule has 0 aromatic heterocycles. The van der Waals surface area contributed by atoms with E-state index in [1.807, 2.05) is 38.1 Å². The molecule has 0 atom stereocenters. The van der Waals surface area contributed by atoms with Gasteiger partial charge in [0.2, 0.25) is 5.91 Å². The molecule has 5 heteroatoms. The third-order valence-corrected chi connectivity index (χ3v) is 6.36. The van der Waals surface area contributed by atoms with E-state index in [-0.39, 0.29) is 23.9 Å². The van der Waals surface area contributed by atoms with Gasteiger partial charge >= 0.3 is 6.03 Å². The van der Waals surface area contributed by atoms with Crippen LogP contribution in [0.15, 0.2) is 24.3 Å². The second kappa shape index (κ2) is 6.93. The van der Waals surface area contributed by atoms with Gasteiger partial charge in [-0.15, -0.1) is 0 Å². The van der Waals surface area contributed by atoms with Gasteiger partial charge in [-0.3, -0.25) is 4.79 Å². The van der Waals surface area contributed by atoms with Crippen LogP contribution in [0.5, 0.6) is 0 Å². The summed E-state index contributed by atoms with van der Waals surface area (Å²) in [7, 11) is 0. The highest BCUT2D eigenvalue weighted by atomic mass is 16.2. The molecule has 4 fully saturated rings. The lowest BCUT2D eigenvalue weighted by atomic mass is 9.51. The summed E-state index contributed by atoms with van der Waals surface area (Å²) in [6, 6.07) is 7.25. The molecule has 0 heterocycles. The van der Waals surface area contributed by atoms with E-state index in [9.17, 15) is 9.59 Å². The summed E-state index contributed by atoms with van der Waals surface area (Å²) in [5.41, 5.74) is 1.52. The Labute approximate surface area is 155 Å². The van der Waals surface area contributed by atoms with Gasteiger partial charge in [0.1, 0.15) is 0 Å². The first kappa shape index (κ1) is 17.4. The quantitative estimate of drug-likeness (QED) is 0.756. The van der Waals surface area contributed by atoms with Gasteiger partial charge in [0.25, 0.3) is 0 Å². The highest BCUT2D eigenvalue weighted by molar-refractivity contribution is 5.94. The second-order valence-corrected chi connectivity index (χ2v) is 8.78. The highest BCUT2D eigenvalue weighted by Gasteiger charge is 2.50. The smallest absolute Gasteiger partial charge is 0.319 e. The molecule has 0 aliphatic heterocycles. The van der Waals surface area contributed by atoms with Crippen LogP contribution in [-0.2, 0) is 4.79 Å². The Morgan fingerprint density at radius 2 is 1.35 bits per heavy atom. The van der Waals surface area contributed by atoms with Crippen molar-refractivity contribution in [3.05, 3.63) is 24.3 Å². The number of anilines is 2. The second-order valence-electron chi connectivity index (χ2n) is 8.78. The van der Waals surface area contributed by atoms with Gasteiger partial charge in [-0.1, -0.05) is 0 Å². The maximum absolute atomic E-state index is 12.9. The maximum atomic E-state index is 12.9. The lowest BCUT2D eigenvalue weighted by Crippen LogP contribution is -2.49. The average molecular weight is 355 g/mol. The minimum atomic E-state index is -0.217. The number of hydrogen-bond acceptors (Lipinski definition) is 2. The third-order valence-electron chi connectivity index (χ3n) is 6.36. The molecule has 0 spiro atoms. The van der Waals surface area contributed by atoms with Gasteiger partial charge in [0.15, 0.2) is 0 Å². The van der Waals surface area contributed by atoms with Gasteiger partial charge in [-0.2, -0.15) is 0 Å². The first-order valence-electron chi connectivity index (χ1n) is 9.96. The minimum absolute atomic E-state index is 0.0922. The number of benzene rings is 1. The molecule has 140 valence electrons. The fourth-order valence-electron chi connectivity index (χ4n) is 5.65. The van der Waals surface area contributed by atoms with Crippen molar-refractivity contribution in [2.75, 3.05) is 10.6 Å². The van der Waals surface area contributed by atoms with Crippen molar-refractivity contribution in [3.63, 3.8) is 0 Å². The Kier molecular flexibility index (Phi) is 4.63. The van der Waals surface area contributed by atoms with Crippen molar-refractivity contribution in [3.8, 4) is 0 Å². The van der Waals surface area contributed by atoms with E-state index in [0.29, 0.717) is 11.8 Å². The monoisotopic (exact) mass is 355 g/mol. The summed E-state index contributed by atoms with van der Waals surface area (Å²) in [5, 5.41) is 8.70. The number of carbonyl (C=O) groups is 2. The molecule has 5 nitrogen and oxygen atoms in total. The minimum Gasteiger partial charge on any atom is -0.336 e. The first-order valence-corrected chi connectivity index (χ1v) is 9.96. The molecule has 3 N–H and O–H groups in total. The first-order chi connectivity index (χ1) is 12.5. The Hall–Kier alpha value is -2.04. The van der Waals surface area contributed by atoms with Gasteiger partial charge in [-0.25, -0.2) is 4.79 Å². The SMILES string of the molecule is CC(C)NC(=O)Nc1ccc(NC(=O)C2C3CC4CC(C3)CC2C4)cc1. The number of urea groups is 1. The van der Waals surface area contributed by atoms with E-state index in [1.165, 1.54) is 32.1 Å². The number of carbonyl (C=O) groups excluding carboxylic acids is 2. The molecule has 3 amide bonds. The molecule has 5 rings (SSSR count). The Bertz CT molecular complexity index is 655. The molecule has 0 radical (unpaired) electrons.